The zero-order valence-electron chi connectivity index (χ0n) is 22.1. The minimum atomic E-state index is 0. The molecule has 0 aromatic heterocycles. The van der Waals surface area contributed by atoms with Gasteiger partial charge in [0.15, 0.2) is 0 Å². The van der Waals surface area contributed by atoms with Crippen LogP contribution in [0.3, 0.4) is 0 Å². The van der Waals surface area contributed by atoms with Gasteiger partial charge >= 0.3 is 21.7 Å². The molecule has 4 nitrogen and oxygen atoms in total. The van der Waals surface area contributed by atoms with Crippen molar-refractivity contribution in [1.82, 2.24) is 0 Å². The number of halogens is 2. The molecule has 0 spiro atoms. The van der Waals surface area contributed by atoms with Crippen LogP contribution in [0.1, 0.15) is 63.5 Å². The minimum Gasteiger partial charge on any atom is -1.00 e. The van der Waals surface area contributed by atoms with Gasteiger partial charge < -0.3 is 54.1 Å². The predicted octanol–water partition coefficient (Wildman–Crippen LogP) is 2.42. The van der Waals surface area contributed by atoms with Gasteiger partial charge in [0.2, 0.25) is 0 Å². The molecule has 2 aliphatic heterocycles. The van der Waals surface area contributed by atoms with Crippen LogP contribution in [0.4, 0.5) is 11.4 Å². The fourth-order valence-corrected chi connectivity index (χ4v) is 2.97. The summed E-state index contributed by atoms with van der Waals surface area (Å²) < 4.78 is 9.89. The van der Waals surface area contributed by atoms with Crippen molar-refractivity contribution in [3.63, 3.8) is 0 Å². The molecule has 0 saturated carbocycles. The number of aryl methyl sites for hydroxylation is 2. The fourth-order valence-electron chi connectivity index (χ4n) is 2.97. The van der Waals surface area contributed by atoms with Crippen LogP contribution >= 0.6 is 0 Å². The molecule has 0 amide bonds. The Labute approximate surface area is 251 Å². The molecule has 0 atom stereocenters. The molecule has 2 aliphatic rings. The third-order valence-corrected chi connectivity index (χ3v) is 4.90. The number of hydrogen-bond donors (Lipinski definition) is 0. The molecule has 35 heavy (non-hydrogen) atoms. The zero-order chi connectivity index (χ0) is 23.3. The molecular formula is C28H44Br2N2O2Ti. The van der Waals surface area contributed by atoms with Crippen LogP contribution in [0.15, 0.2) is 48.5 Å². The summed E-state index contributed by atoms with van der Waals surface area (Å²) in [4.78, 5) is 0. The first kappa shape index (κ1) is 39.2. The van der Waals surface area contributed by atoms with Crippen LogP contribution in [0.5, 0.6) is 0 Å². The van der Waals surface area contributed by atoms with Gasteiger partial charge in [-0.1, -0.05) is 86.3 Å². The first-order valence-corrected chi connectivity index (χ1v) is 12.3. The van der Waals surface area contributed by atoms with E-state index in [9.17, 15) is 0 Å². The Hall–Kier alpha value is -0.366. The van der Waals surface area contributed by atoms with E-state index in [1.165, 1.54) is 36.8 Å². The first-order valence-electron chi connectivity index (χ1n) is 12.3. The SMILES string of the molecule is C1CCOC1.C1CCOC1.CCC[N-]c1ccccc1C.CCC[N-]c1ccccc1C.[Br-].[Br-].[Ti+4]. The summed E-state index contributed by atoms with van der Waals surface area (Å²) in [5.74, 6) is 0. The summed E-state index contributed by atoms with van der Waals surface area (Å²) in [5.41, 5.74) is 4.80. The molecule has 2 aromatic rings. The Kier molecular flexibility index (Phi) is 31.6. The molecule has 7 heteroatoms. The van der Waals surface area contributed by atoms with E-state index in [2.05, 4.69) is 62.6 Å². The van der Waals surface area contributed by atoms with Crippen molar-refractivity contribution in [3.05, 3.63) is 70.3 Å². The maximum atomic E-state index is 4.94. The molecule has 0 N–H and O–H groups in total. The second-order valence-electron chi connectivity index (χ2n) is 7.98. The van der Waals surface area contributed by atoms with Crippen LogP contribution in [0.25, 0.3) is 10.6 Å². The number of ether oxygens (including phenoxy) is 2. The summed E-state index contributed by atoms with van der Waals surface area (Å²) in [7, 11) is 0. The van der Waals surface area contributed by atoms with Gasteiger partial charge in [-0.25, -0.2) is 0 Å². The number of hydrogen-bond acceptors (Lipinski definition) is 2. The minimum absolute atomic E-state index is 0. The molecule has 2 saturated heterocycles. The van der Waals surface area contributed by atoms with Gasteiger partial charge in [0.05, 0.1) is 0 Å². The second-order valence-corrected chi connectivity index (χ2v) is 7.98. The van der Waals surface area contributed by atoms with Crippen LogP contribution < -0.4 is 34.0 Å². The second kappa shape index (κ2) is 28.2. The van der Waals surface area contributed by atoms with E-state index < -0.39 is 0 Å². The van der Waals surface area contributed by atoms with E-state index in [1.54, 1.807) is 0 Å². The molecule has 196 valence electrons. The summed E-state index contributed by atoms with van der Waals surface area (Å²) in [6.07, 6.45) is 7.35. The molecule has 2 heterocycles. The van der Waals surface area contributed by atoms with Crippen molar-refractivity contribution < 1.29 is 65.2 Å². The van der Waals surface area contributed by atoms with Gasteiger partial charge in [0.25, 0.3) is 0 Å². The van der Waals surface area contributed by atoms with Gasteiger partial charge in [0.1, 0.15) is 0 Å². The van der Waals surface area contributed by atoms with Gasteiger partial charge in [-0.05, 0) is 39.5 Å². The van der Waals surface area contributed by atoms with E-state index in [4.69, 9.17) is 9.47 Å². The number of rotatable bonds is 6. The molecule has 0 radical (unpaired) electrons. The van der Waals surface area contributed by atoms with E-state index in [0.29, 0.717) is 0 Å². The molecule has 0 unspecified atom stereocenters. The maximum Gasteiger partial charge on any atom is 4.00 e. The summed E-state index contributed by atoms with van der Waals surface area (Å²) in [5, 5.41) is 8.85. The van der Waals surface area contributed by atoms with E-state index in [0.717, 1.165) is 63.7 Å². The smallest absolute Gasteiger partial charge is 1.00 e. The molecule has 0 aliphatic carbocycles. The molecular weight excluding hydrogens is 604 g/mol. The average Bonchev–Trinajstić information content (AvgIpc) is 3.58. The summed E-state index contributed by atoms with van der Waals surface area (Å²) in [6.45, 7) is 14.3. The molecule has 4 rings (SSSR count). The zero-order valence-corrected chi connectivity index (χ0v) is 26.8. The van der Waals surface area contributed by atoms with Crippen molar-refractivity contribution in [2.75, 3.05) is 39.5 Å². The maximum absolute atomic E-state index is 4.94. The van der Waals surface area contributed by atoms with Crippen molar-refractivity contribution >= 4 is 11.4 Å². The number of nitrogens with zero attached hydrogens (tertiary/aromatic N) is 2. The Morgan fingerprint density at radius 3 is 1.14 bits per heavy atom. The van der Waals surface area contributed by atoms with Crippen LogP contribution in [-0.2, 0) is 31.2 Å². The van der Waals surface area contributed by atoms with Gasteiger partial charge in [-0.3, -0.25) is 0 Å². The van der Waals surface area contributed by atoms with Crippen LogP contribution in [0, 0.1) is 13.8 Å². The Bertz CT molecular complexity index is 625. The van der Waals surface area contributed by atoms with Crippen molar-refractivity contribution in [3.8, 4) is 0 Å². The monoisotopic (exact) mass is 646 g/mol. The predicted molar refractivity (Wildman–Crippen MR) is 139 cm³/mol. The normalized spacial score (nSPS) is 12.9. The molecule has 2 fully saturated rings. The van der Waals surface area contributed by atoms with Crippen molar-refractivity contribution in [2.45, 2.75) is 66.2 Å². The van der Waals surface area contributed by atoms with Crippen molar-refractivity contribution in [2.24, 2.45) is 0 Å². The fraction of sp³-hybridized carbons (Fsp3) is 0.571. The number of benzene rings is 2. The van der Waals surface area contributed by atoms with E-state index in [-0.39, 0.29) is 55.7 Å². The van der Waals surface area contributed by atoms with E-state index >= 15 is 0 Å². The van der Waals surface area contributed by atoms with E-state index in [1.807, 2.05) is 24.3 Å². The molecule has 0 bridgehead atoms. The summed E-state index contributed by atoms with van der Waals surface area (Å²) in [6, 6.07) is 16.4. The topological polar surface area (TPSA) is 46.7 Å². The Balaban J connectivity index is -0.000000400. The Morgan fingerprint density at radius 1 is 0.600 bits per heavy atom. The van der Waals surface area contributed by atoms with Crippen LogP contribution in [0.2, 0.25) is 0 Å². The third-order valence-electron chi connectivity index (χ3n) is 4.90. The van der Waals surface area contributed by atoms with Gasteiger partial charge in [-0.15, -0.1) is 24.5 Å². The summed E-state index contributed by atoms with van der Waals surface area (Å²) >= 11 is 0. The average molecular weight is 648 g/mol. The standard InChI is InChI=1S/2C10H14N.2C4H8O.2BrH.Ti/c2*1-3-8-11-10-7-5-4-6-9(10)2;2*1-2-4-5-3-1;;;/h2*4-7H,3,8H2,1-2H3;2*1-4H2;2*1H;/q2*-1;;;;;+4/p-2. The Morgan fingerprint density at radius 2 is 0.914 bits per heavy atom. The molecule has 2 aromatic carbocycles. The van der Waals surface area contributed by atoms with Gasteiger partial charge in [-0.2, -0.15) is 0 Å². The third kappa shape index (κ3) is 21.4. The first-order chi connectivity index (χ1) is 15.7. The van der Waals surface area contributed by atoms with Crippen LogP contribution in [-0.4, -0.2) is 39.5 Å². The van der Waals surface area contributed by atoms with Crippen molar-refractivity contribution in [1.29, 1.82) is 0 Å². The van der Waals surface area contributed by atoms with Gasteiger partial charge in [0, 0.05) is 26.4 Å². The quantitative estimate of drug-likeness (QED) is 0.453. The largest absolute Gasteiger partial charge is 4.00 e. The number of para-hydroxylation sites is 2.